The molecule has 0 radical (unpaired) electrons. The first-order chi connectivity index (χ1) is 23.0. The summed E-state index contributed by atoms with van der Waals surface area (Å²) in [7, 11) is 0. The number of amides is 8. The van der Waals surface area contributed by atoms with Crippen molar-refractivity contribution in [3.05, 3.63) is 71.8 Å². The molecular formula is C32H40N8O8. The molecule has 16 heteroatoms. The first kappa shape index (κ1) is 36.7. The summed E-state index contributed by atoms with van der Waals surface area (Å²) in [5, 5.41) is 17.4. The van der Waals surface area contributed by atoms with Gasteiger partial charge in [0.15, 0.2) is 0 Å². The van der Waals surface area contributed by atoms with E-state index in [1.54, 1.807) is 60.7 Å². The number of hydrogen-bond donors (Lipinski definition) is 8. The zero-order valence-electron chi connectivity index (χ0n) is 26.2. The fourth-order valence-corrected chi connectivity index (χ4v) is 4.71. The average Bonchev–Trinajstić information content (AvgIpc) is 3.06. The third-order valence-corrected chi connectivity index (χ3v) is 7.14. The molecule has 3 atom stereocenters. The minimum Gasteiger partial charge on any atom is -0.368 e. The summed E-state index contributed by atoms with van der Waals surface area (Å²) >= 11 is 0. The molecular weight excluding hydrogens is 624 g/mol. The highest BCUT2D eigenvalue weighted by Crippen LogP contribution is 2.05. The molecule has 256 valence electrons. The Kier molecular flexibility index (Phi) is 14.5. The van der Waals surface area contributed by atoms with Crippen LogP contribution in [0.4, 0.5) is 0 Å². The molecule has 48 heavy (non-hydrogen) atoms. The molecule has 1 aliphatic heterocycles. The number of rotatable bonds is 8. The van der Waals surface area contributed by atoms with E-state index >= 15 is 0 Å². The van der Waals surface area contributed by atoms with Crippen LogP contribution >= 0.6 is 0 Å². The van der Waals surface area contributed by atoms with Gasteiger partial charge < -0.3 is 43.0 Å². The highest BCUT2D eigenvalue weighted by molar-refractivity contribution is 5.95. The van der Waals surface area contributed by atoms with Gasteiger partial charge in [0.1, 0.15) is 18.1 Å². The second kappa shape index (κ2) is 19.0. The maximum absolute atomic E-state index is 13.2. The highest BCUT2D eigenvalue weighted by Gasteiger charge is 2.27. The van der Waals surface area contributed by atoms with Crippen molar-refractivity contribution in [2.75, 3.05) is 26.2 Å². The number of nitrogens with one attached hydrogen (secondary N) is 7. The molecule has 0 spiro atoms. The van der Waals surface area contributed by atoms with Crippen molar-refractivity contribution in [2.45, 2.75) is 50.2 Å². The van der Waals surface area contributed by atoms with Crippen LogP contribution in [-0.2, 0) is 51.2 Å². The monoisotopic (exact) mass is 664 g/mol. The van der Waals surface area contributed by atoms with Crippen molar-refractivity contribution in [3.63, 3.8) is 0 Å². The van der Waals surface area contributed by atoms with E-state index in [2.05, 4.69) is 37.2 Å². The number of primary amides is 1. The minimum absolute atomic E-state index is 0.0293. The summed E-state index contributed by atoms with van der Waals surface area (Å²) in [6, 6.07) is 14.0. The molecule has 9 N–H and O–H groups in total. The van der Waals surface area contributed by atoms with Gasteiger partial charge >= 0.3 is 0 Å². The van der Waals surface area contributed by atoms with Crippen molar-refractivity contribution >= 4 is 47.3 Å². The van der Waals surface area contributed by atoms with Crippen LogP contribution in [0, 0.1) is 0 Å². The molecule has 16 nitrogen and oxygen atoms in total. The smallest absolute Gasteiger partial charge is 0.243 e. The fraction of sp³-hybridized carbons (Fsp3) is 0.375. The van der Waals surface area contributed by atoms with E-state index in [0.29, 0.717) is 11.1 Å². The van der Waals surface area contributed by atoms with Crippen LogP contribution in [-0.4, -0.2) is 91.6 Å². The lowest BCUT2D eigenvalue weighted by atomic mass is 10.1. The Morgan fingerprint density at radius 1 is 0.729 bits per heavy atom. The number of nitrogens with two attached hydrogens (primary N) is 1. The molecule has 2 aromatic carbocycles. The predicted octanol–water partition coefficient (Wildman–Crippen LogP) is -2.94. The Morgan fingerprint density at radius 2 is 1.33 bits per heavy atom. The van der Waals surface area contributed by atoms with E-state index in [-0.39, 0.29) is 38.6 Å². The maximum Gasteiger partial charge on any atom is 0.243 e. The summed E-state index contributed by atoms with van der Waals surface area (Å²) in [5.41, 5.74) is 6.51. The topological polar surface area (TPSA) is 247 Å². The molecule has 1 aliphatic rings. The van der Waals surface area contributed by atoms with E-state index in [0.717, 1.165) is 0 Å². The molecule has 0 bridgehead atoms. The fourth-order valence-electron chi connectivity index (χ4n) is 4.71. The Balaban J connectivity index is 1.79. The van der Waals surface area contributed by atoms with E-state index in [4.69, 9.17) is 5.73 Å². The lowest BCUT2D eigenvalue weighted by Crippen LogP contribution is -2.54. The third-order valence-electron chi connectivity index (χ3n) is 7.14. The van der Waals surface area contributed by atoms with Gasteiger partial charge in [0, 0.05) is 19.4 Å². The van der Waals surface area contributed by atoms with Crippen molar-refractivity contribution in [3.8, 4) is 0 Å². The van der Waals surface area contributed by atoms with Gasteiger partial charge in [-0.3, -0.25) is 38.4 Å². The number of benzene rings is 2. The van der Waals surface area contributed by atoms with Crippen molar-refractivity contribution in [2.24, 2.45) is 5.73 Å². The van der Waals surface area contributed by atoms with Crippen LogP contribution in [0.15, 0.2) is 60.7 Å². The zero-order chi connectivity index (χ0) is 34.9. The molecule has 0 aromatic heterocycles. The number of carbonyl (C=O) groups excluding carboxylic acids is 8. The molecule has 3 rings (SSSR count). The van der Waals surface area contributed by atoms with E-state index in [1.807, 2.05) is 0 Å². The summed E-state index contributed by atoms with van der Waals surface area (Å²) < 4.78 is 0. The standard InChI is InChI=1S/C32H40N8O8/c33-25(41)17-35-31(47)23-13-14-34-26(42)12-11-22(38-27(43)16-21-9-5-2-6-10-21)30(46)36-19-29(45)40-24(15-20-7-3-1-4-8-20)32(48)37-18-28(44)39-23/h1-10,22-24H,11-19H2,(H2,33,41)(H,34,42)(H,35,47)(H,36,46)(H,37,48)(H,38,43)(H,39,44)(H,40,45)/t22-,23-,24+/m0/s1. The normalized spacial score (nSPS) is 20.2. The summed E-state index contributed by atoms with van der Waals surface area (Å²) in [4.78, 5) is 101. The van der Waals surface area contributed by atoms with E-state index in [9.17, 15) is 38.4 Å². The van der Waals surface area contributed by atoms with Crippen LogP contribution in [0.2, 0.25) is 0 Å². The zero-order valence-corrected chi connectivity index (χ0v) is 26.2. The van der Waals surface area contributed by atoms with Crippen LogP contribution in [0.3, 0.4) is 0 Å². The van der Waals surface area contributed by atoms with E-state index < -0.39 is 85.0 Å². The largest absolute Gasteiger partial charge is 0.368 e. The highest BCUT2D eigenvalue weighted by atomic mass is 16.2. The van der Waals surface area contributed by atoms with Gasteiger partial charge in [-0.2, -0.15) is 0 Å². The van der Waals surface area contributed by atoms with Crippen LogP contribution in [0.25, 0.3) is 0 Å². The summed E-state index contributed by atoms with van der Waals surface area (Å²) in [5.74, 6) is -5.46. The second-order valence-electron chi connectivity index (χ2n) is 11.0. The maximum atomic E-state index is 13.2. The lowest BCUT2D eigenvalue weighted by Gasteiger charge is -2.21. The molecule has 0 unspecified atom stereocenters. The Morgan fingerprint density at radius 3 is 1.98 bits per heavy atom. The van der Waals surface area contributed by atoms with Gasteiger partial charge in [0.2, 0.25) is 47.3 Å². The van der Waals surface area contributed by atoms with Crippen molar-refractivity contribution in [1.29, 1.82) is 0 Å². The molecule has 0 saturated carbocycles. The van der Waals surface area contributed by atoms with Crippen LogP contribution in [0.5, 0.6) is 0 Å². The molecule has 1 fully saturated rings. The van der Waals surface area contributed by atoms with Gasteiger partial charge in [0.25, 0.3) is 0 Å². The van der Waals surface area contributed by atoms with Gasteiger partial charge in [-0.15, -0.1) is 0 Å². The van der Waals surface area contributed by atoms with Gasteiger partial charge in [-0.1, -0.05) is 60.7 Å². The van der Waals surface area contributed by atoms with Gasteiger partial charge in [-0.25, -0.2) is 0 Å². The third kappa shape index (κ3) is 13.3. The van der Waals surface area contributed by atoms with Crippen molar-refractivity contribution in [1.82, 2.24) is 37.2 Å². The number of carbonyl (C=O) groups is 8. The van der Waals surface area contributed by atoms with Crippen LogP contribution in [0.1, 0.15) is 30.4 Å². The van der Waals surface area contributed by atoms with Crippen LogP contribution < -0.4 is 43.0 Å². The van der Waals surface area contributed by atoms with Gasteiger partial charge in [0.05, 0.1) is 26.1 Å². The molecule has 8 amide bonds. The average molecular weight is 665 g/mol. The first-order valence-electron chi connectivity index (χ1n) is 15.3. The predicted molar refractivity (Wildman–Crippen MR) is 171 cm³/mol. The van der Waals surface area contributed by atoms with E-state index in [1.165, 1.54) is 0 Å². The molecule has 1 saturated heterocycles. The SMILES string of the molecule is NC(=O)CNC(=O)[C@@H]1CCNC(=O)CC[C@H](NC(=O)Cc2ccccc2)C(=O)NCC(=O)N[C@H](Cc2ccccc2)C(=O)NCC(=O)N1. The molecule has 0 aliphatic carbocycles. The van der Waals surface area contributed by atoms with Crippen molar-refractivity contribution < 1.29 is 38.4 Å². The second-order valence-corrected chi connectivity index (χ2v) is 11.0. The lowest BCUT2D eigenvalue weighted by molar-refractivity contribution is -0.132. The van der Waals surface area contributed by atoms with Gasteiger partial charge in [-0.05, 0) is 24.0 Å². The Labute approximate surface area is 276 Å². The Hall–Kier alpha value is -5.80. The summed E-state index contributed by atoms with van der Waals surface area (Å²) in [6.07, 6.45) is -0.409. The molecule has 1 heterocycles. The number of hydrogen-bond acceptors (Lipinski definition) is 8. The quantitative estimate of drug-likeness (QED) is 0.145. The first-order valence-corrected chi connectivity index (χ1v) is 15.3. The molecule has 2 aromatic rings. The summed E-state index contributed by atoms with van der Waals surface area (Å²) in [6.45, 7) is -1.69. The Bertz CT molecular complexity index is 1470. The minimum atomic E-state index is -1.22.